The second-order valence-electron chi connectivity index (χ2n) is 5.84. The van der Waals surface area contributed by atoms with Gasteiger partial charge in [0, 0.05) is 12.8 Å². The molecule has 4 heteroatoms. The van der Waals surface area contributed by atoms with E-state index in [4.69, 9.17) is 5.11 Å². The van der Waals surface area contributed by atoms with Crippen LogP contribution in [0.3, 0.4) is 0 Å². The van der Waals surface area contributed by atoms with Crippen LogP contribution in [0.5, 0.6) is 0 Å². The number of allylic oxidation sites excluding steroid dienone is 2. The molecule has 0 unspecified atom stereocenters. The zero-order valence-corrected chi connectivity index (χ0v) is 15.5. The van der Waals surface area contributed by atoms with Crippen molar-refractivity contribution in [1.82, 2.24) is 0 Å². The number of unbranched alkanes of at least 4 members (excludes halogenated alkanes) is 9. The fraction of sp³-hybridized carbons (Fsp3) is 0.778. The number of carbonyl (C=O) groups excluding carboxylic acids is 1. The molecule has 0 aliphatic rings. The molecule has 0 fully saturated rings. The van der Waals surface area contributed by atoms with Crippen molar-refractivity contribution in [3.05, 3.63) is 10.6 Å². The molecule has 0 spiro atoms. The summed E-state index contributed by atoms with van der Waals surface area (Å²) in [6.07, 6.45) is 14.7. The minimum absolute atomic E-state index is 0.171. The molecule has 0 radical (unpaired) electrons. The summed E-state index contributed by atoms with van der Waals surface area (Å²) < 4.78 is 0.714. The summed E-state index contributed by atoms with van der Waals surface area (Å²) >= 11 is 3.37. The van der Waals surface area contributed by atoms with Gasteiger partial charge in [-0.15, -0.1) is 0 Å². The molecule has 0 aliphatic carbocycles. The van der Waals surface area contributed by atoms with Gasteiger partial charge in [-0.05, 0) is 41.6 Å². The number of hydrogen-bond acceptors (Lipinski definition) is 2. The van der Waals surface area contributed by atoms with Gasteiger partial charge < -0.3 is 5.11 Å². The van der Waals surface area contributed by atoms with Crippen molar-refractivity contribution in [2.24, 2.45) is 0 Å². The number of carboxylic acids is 1. The Morgan fingerprint density at radius 1 is 0.864 bits per heavy atom. The van der Waals surface area contributed by atoms with Crippen molar-refractivity contribution in [2.75, 3.05) is 0 Å². The molecule has 0 aliphatic heterocycles. The van der Waals surface area contributed by atoms with Gasteiger partial charge in [0.1, 0.15) is 0 Å². The lowest BCUT2D eigenvalue weighted by Gasteiger charge is -2.01. The van der Waals surface area contributed by atoms with E-state index in [1.165, 1.54) is 32.1 Å². The Bertz CT molecular complexity index is 337. The van der Waals surface area contributed by atoms with Crippen molar-refractivity contribution >= 4 is 27.7 Å². The number of aliphatic carboxylic acids is 1. The van der Waals surface area contributed by atoms with E-state index in [0.29, 0.717) is 17.3 Å². The number of hydrogen-bond donors (Lipinski definition) is 1. The maximum atomic E-state index is 11.9. The largest absolute Gasteiger partial charge is 0.481 e. The zero-order valence-electron chi connectivity index (χ0n) is 13.9. The Balaban J connectivity index is 3.56. The van der Waals surface area contributed by atoms with Crippen molar-refractivity contribution in [2.45, 2.75) is 90.4 Å². The van der Waals surface area contributed by atoms with Gasteiger partial charge >= 0.3 is 5.97 Å². The summed E-state index contributed by atoms with van der Waals surface area (Å²) in [5, 5.41) is 8.53. The molecule has 22 heavy (non-hydrogen) atoms. The van der Waals surface area contributed by atoms with Crippen LogP contribution in [-0.2, 0) is 9.59 Å². The highest BCUT2D eigenvalue weighted by molar-refractivity contribution is 9.12. The zero-order chi connectivity index (χ0) is 16.6. The Morgan fingerprint density at radius 2 is 1.41 bits per heavy atom. The van der Waals surface area contributed by atoms with Crippen molar-refractivity contribution in [3.8, 4) is 0 Å². The standard InChI is InChI=1S/C18H31BrO3/c1-2-3-4-5-6-7-10-13-16(19)17(20)14-11-8-9-12-15-18(21)22/h13H,2-12,14-15H2,1H3,(H,21,22)/b16-13-. The Hall–Kier alpha value is -0.640. The molecule has 0 bridgehead atoms. The second kappa shape index (κ2) is 15.3. The first-order valence-electron chi connectivity index (χ1n) is 8.68. The first-order valence-corrected chi connectivity index (χ1v) is 9.47. The highest BCUT2D eigenvalue weighted by atomic mass is 79.9. The van der Waals surface area contributed by atoms with E-state index in [1.807, 2.05) is 6.08 Å². The second-order valence-corrected chi connectivity index (χ2v) is 6.69. The van der Waals surface area contributed by atoms with Gasteiger partial charge in [0.05, 0.1) is 4.48 Å². The summed E-state index contributed by atoms with van der Waals surface area (Å²) in [5.74, 6) is -0.569. The molecule has 0 aromatic carbocycles. The van der Waals surface area contributed by atoms with Crippen LogP contribution in [0.15, 0.2) is 10.6 Å². The molecular weight excluding hydrogens is 344 g/mol. The van der Waals surface area contributed by atoms with Crippen molar-refractivity contribution < 1.29 is 14.7 Å². The predicted molar refractivity (Wildman–Crippen MR) is 95.3 cm³/mol. The summed E-state index contributed by atoms with van der Waals surface area (Å²) in [7, 11) is 0. The fourth-order valence-corrected chi connectivity index (χ4v) is 2.73. The van der Waals surface area contributed by atoms with E-state index in [1.54, 1.807) is 0 Å². The number of rotatable bonds is 15. The maximum Gasteiger partial charge on any atom is 0.303 e. The number of Topliss-reactive ketones (excluding diaryl/α,β-unsaturated/α-hetero) is 1. The maximum absolute atomic E-state index is 11.9. The normalized spacial score (nSPS) is 11.6. The molecular formula is C18H31BrO3. The Kier molecular flexibility index (Phi) is 14.8. The van der Waals surface area contributed by atoms with Gasteiger partial charge in [0.15, 0.2) is 5.78 Å². The van der Waals surface area contributed by atoms with Gasteiger partial charge in [0.25, 0.3) is 0 Å². The molecule has 0 rings (SSSR count). The SMILES string of the molecule is CCCCCCCC/C=C(\Br)C(=O)CCCCCCC(=O)O. The third-order valence-corrected chi connectivity index (χ3v) is 4.46. The summed E-state index contributed by atoms with van der Waals surface area (Å²) in [5.41, 5.74) is 0. The highest BCUT2D eigenvalue weighted by Gasteiger charge is 2.05. The molecule has 0 amide bonds. The number of carboxylic acid groups (broad SMARTS) is 1. The van der Waals surface area contributed by atoms with Crippen LogP contribution in [0, 0.1) is 0 Å². The molecule has 0 saturated heterocycles. The minimum atomic E-state index is -0.739. The molecule has 0 aromatic heterocycles. The van der Waals surface area contributed by atoms with E-state index in [-0.39, 0.29) is 12.2 Å². The topological polar surface area (TPSA) is 54.4 Å². The van der Waals surface area contributed by atoms with Crippen molar-refractivity contribution in [1.29, 1.82) is 0 Å². The molecule has 0 aromatic rings. The average molecular weight is 375 g/mol. The molecule has 0 heterocycles. The third-order valence-electron chi connectivity index (χ3n) is 3.69. The predicted octanol–water partition coefficient (Wildman–Crippen LogP) is 6.01. The van der Waals surface area contributed by atoms with Gasteiger partial charge in [-0.25, -0.2) is 0 Å². The summed E-state index contributed by atoms with van der Waals surface area (Å²) in [6.45, 7) is 2.22. The van der Waals surface area contributed by atoms with E-state index in [0.717, 1.165) is 32.1 Å². The Labute approximate surface area is 143 Å². The first-order chi connectivity index (χ1) is 10.6. The summed E-state index contributed by atoms with van der Waals surface area (Å²) in [6, 6.07) is 0. The van der Waals surface area contributed by atoms with Crippen LogP contribution in [0.25, 0.3) is 0 Å². The van der Waals surface area contributed by atoms with Crippen molar-refractivity contribution in [3.63, 3.8) is 0 Å². The highest BCUT2D eigenvalue weighted by Crippen LogP contribution is 2.15. The molecule has 3 nitrogen and oxygen atoms in total. The molecule has 128 valence electrons. The van der Waals surface area contributed by atoms with Crippen LogP contribution in [0.2, 0.25) is 0 Å². The van der Waals surface area contributed by atoms with Crippen LogP contribution in [-0.4, -0.2) is 16.9 Å². The monoisotopic (exact) mass is 374 g/mol. The van der Waals surface area contributed by atoms with E-state index in [2.05, 4.69) is 22.9 Å². The Morgan fingerprint density at radius 3 is 2.05 bits per heavy atom. The number of carbonyl (C=O) groups is 2. The van der Waals surface area contributed by atoms with Crippen LogP contribution >= 0.6 is 15.9 Å². The van der Waals surface area contributed by atoms with Gasteiger partial charge in [-0.3, -0.25) is 9.59 Å². The molecule has 0 atom stereocenters. The van der Waals surface area contributed by atoms with Gasteiger partial charge in [0.2, 0.25) is 0 Å². The fourth-order valence-electron chi connectivity index (χ4n) is 2.30. The number of ketones is 1. The van der Waals surface area contributed by atoms with E-state index < -0.39 is 5.97 Å². The molecule has 0 saturated carbocycles. The van der Waals surface area contributed by atoms with E-state index >= 15 is 0 Å². The minimum Gasteiger partial charge on any atom is -0.481 e. The summed E-state index contributed by atoms with van der Waals surface area (Å²) in [4.78, 5) is 22.2. The molecule has 1 N–H and O–H groups in total. The average Bonchev–Trinajstić information content (AvgIpc) is 2.49. The van der Waals surface area contributed by atoms with Gasteiger partial charge in [-0.2, -0.15) is 0 Å². The van der Waals surface area contributed by atoms with Gasteiger partial charge in [-0.1, -0.05) is 57.9 Å². The quantitative estimate of drug-likeness (QED) is 0.282. The lowest BCUT2D eigenvalue weighted by Crippen LogP contribution is -1.98. The lowest BCUT2D eigenvalue weighted by molar-refractivity contribution is -0.137. The third kappa shape index (κ3) is 14.3. The van der Waals surface area contributed by atoms with Crippen LogP contribution in [0.1, 0.15) is 90.4 Å². The van der Waals surface area contributed by atoms with E-state index in [9.17, 15) is 9.59 Å². The number of halogens is 1. The van der Waals surface area contributed by atoms with Crippen LogP contribution in [0.4, 0.5) is 0 Å². The van der Waals surface area contributed by atoms with Crippen LogP contribution < -0.4 is 0 Å². The smallest absolute Gasteiger partial charge is 0.303 e. The lowest BCUT2D eigenvalue weighted by atomic mass is 10.1. The first kappa shape index (κ1) is 21.4.